The number of hydrogen-bond acceptors (Lipinski definition) is 3. The molecule has 3 heteroatoms. The molecule has 0 saturated carbocycles. The summed E-state index contributed by atoms with van der Waals surface area (Å²) in [6.07, 6.45) is 1.25. The summed E-state index contributed by atoms with van der Waals surface area (Å²) in [6, 6.07) is 8.98. The monoisotopic (exact) mass is 247 g/mol. The summed E-state index contributed by atoms with van der Waals surface area (Å²) < 4.78 is 0. The van der Waals surface area contributed by atoms with Crippen molar-refractivity contribution in [3.63, 3.8) is 0 Å². The fourth-order valence-electron chi connectivity index (χ4n) is 2.50. The number of hydrogen-bond donors (Lipinski definition) is 1. The highest BCUT2D eigenvalue weighted by Crippen LogP contribution is 2.13. The van der Waals surface area contributed by atoms with Gasteiger partial charge in [0.05, 0.1) is 0 Å². The molecule has 0 aromatic heterocycles. The van der Waals surface area contributed by atoms with Gasteiger partial charge in [-0.15, -0.1) is 0 Å². The van der Waals surface area contributed by atoms with Crippen molar-refractivity contribution in [3.05, 3.63) is 29.8 Å². The third kappa shape index (κ3) is 3.47. The lowest BCUT2D eigenvalue weighted by Crippen LogP contribution is -2.48. The van der Waals surface area contributed by atoms with Crippen molar-refractivity contribution in [1.29, 1.82) is 0 Å². The van der Waals surface area contributed by atoms with Crippen LogP contribution in [0, 0.1) is 0 Å². The summed E-state index contributed by atoms with van der Waals surface area (Å²) in [5.74, 6) is 0. The molecule has 1 aliphatic heterocycles. The molecule has 3 nitrogen and oxygen atoms in total. The van der Waals surface area contributed by atoms with Crippen molar-refractivity contribution in [2.45, 2.75) is 32.9 Å². The van der Waals surface area contributed by atoms with E-state index in [0.29, 0.717) is 0 Å². The molecule has 0 aliphatic carbocycles. The Morgan fingerprint density at radius 1 is 1.11 bits per heavy atom. The summed E-state index contributed by atoms with van der Waals surface area (Å²) in [6.45, 7) is 10.4. The van der Waals surface area contributed by atoms with E-state index in [1.54, 1.807) is 0 Å². The predicted octanol–water partition coefficient (Wildman–Crippen LogP) is 2.18. The third-order valence-corrected chi connectivity index (χ3v) is 4.01. The van der Waals surface area contributed by atoms with Gasteiger partial charge in [-0.2, -0.15) is 0 Å². The molecule has 0 bridgehead atoms. The Morgan fingerprint density at radius 3 is 2.28 bits per heavy atom. The number of anilines is 1. The minimum Gasteiger partial charge on any atom is -0.399 e. The van der Waals surface area contributed by atoms with Crippen molar-refractivity contribution in [2.75, 3.05) is 31.9 Å². The molecule has 1 atom stereocenters. The van der Waals surface area contributed by atoms with Gasteiger partial charge in [-0.25, -0.2) is 0 Å². The van der Waals surface area contributed by atoms with Crippen LogP contribution in [-0.4, -0.2) is 42.0 Å². The fourth-order valence-corrected chi connectivity index (χ4v) is 2.50. The second-order valence-corrected chi connectivity index (χ2v) is 5.31. The zero-order valence-electron chi connectivity index (χ0n) is 11.6. The molecular weight excluding hydrogens is 222 g/mol. The molecular formula is C15H25N3. The molecule has 1 saturated heterocycles. The Morgan fingerprint density at radius 2 is 1.72 bits per heavy atom. The van der Waals surface area contributed by atoms with Crippen LogP contribution in [0.25, 0.3) is 0 Å². The van der Waals surface area contributed by atoms with Gasteiger partial charge in [-0.1, -0.05) is 19.1 Å². The molecule has 2 rings (SSSR count). The molecule has 0 spiro atoms. The second-order valence-electron chi connectivity index (χ2n) is 5.31. The minimum absolute atomic E-state index is 0.726. The first-order valence-electron chi connectivity index (χ1n) is 7.00. The second kappa shape index (κ2) is 6.21. The highest BCUT2D eigenvalue weighted by atomic mass is 15.3. The average Bonchev–Trinajstić information content (AvgIpc) is 2.41. The first kappa shape index (κ1) is 13.4. The summed E-state index contributed by atoms with van der Waals surface area (Å²) in [4.78, 5) is 5.13. The van der Waals surface area contributed by atoms with Crippen LogP contribution in [0.1, 0.15) is 25.8 Å². The Hall–Kier alpha value is -1.06. The topological polar surface area (TPSA) is 32.5 Å². The van der Waals surface area contributed by atoms with Crippen LogP contribution in [0.5, 0.6) is 0 Å². The maximum absolute atomic E-state index is 5.71. The Labute approximate surface area is 111 Å². The first-order chi connectivity index (χ1) is 8.69. The molecule has 18 heavy (non-hydrogen) atoms. The van der Waals surface area contributed by atoms with Gasteiger partial charge < -0.3 is 5.73 Å². The van der Waals surface area contributed by atoms with E-state index in [2.05, 4.69) is 35.8 Å². The largest absolute Gasteiger partial charge is 0.399 e. The molecule has 1 heterocycles. The Kier molecular flexibility index (Phi) is 4.61. The van der Waals surface area contributed by atoms with Crippen molar-refractivity contribution in [2.24, 2.45) is 0 Å². The Bertz CT molecular complexity index is 353. The van der Waals surface area contributed by atoms with E-state index in [4.69, 9.17) is 5.73 Å². The molecule has 2 N–H and O–H groups in total. The summed E-state index contributed by atoms with van der Waals surface area (Å²) >= 11 is 0. The van der Waals surface area contributed by atoms with Crippen molar-refractivity contribution >= 4 is 5.69 Å². The van der Waals surface area contributed by atoms with E-state index in [0.717, 1.165) is 18.3 Å². The zero-order valence-corrected chi connectivity index (χ0v) is 11.6. The van der Waals surface area contributed by atoms with Gasteiger partial charge in [0, 0.05) is 44.5 Å². The lowest BCUT2D eigenvalue weighted by Gasteiger charge is -2.37. The van der Waals surface area contributed by atoms with E-state index in [9.17, 15) is 0 Å². The normalized spacial score (nSPS) is 19.9. The van der Waals surface area contributed by atoms with Crippen molar-refractivity contribution in [3.8, 4) is 0 Å². The number of nitrogen functional groups attached to an aromatic ring is 1. The number of piperazine rings is 1. The first-order valence-corrected chi connectivity index (χ1v) is 7.00. The van der Waals surface area contributed by atoms with E-state index < -0.39 is 0 Å². The van der Waals surface area contributed by atoms with Gasteiger partial charge in [0.1, 0.15) is 0 Å². The lowest BCUT2D eigenvalue weighted by atomic mass is 10.1. The molecule has 1 fully saturated rings. The molecule has 1 aromatic carbocycles. The van der Waals surface area contributed by atoms with E-state index in [1.165, 1.54) is 38.2 Å². The fraction of sp³-hybridized carbons (Fsp3) is 0.600. The standard InChI is InChI=1S/C15H25N3/c1-3-13(2)18-10-8-17(9-11-18)12-14-4-6-15(16)7-5-14/h4-7,13H,3,8-12,16H2,1-2H3. The molecule has 1 unspecified atom stereocenters. The van der Waals surface area contributed by atoms with Crippen LogP contribution in [0.2, 0.25) is 0 Å². The predicted molar refractivity (Wildman–Crippen MR) is 77.5 cm³/mol. The van der Waals surface area contributed by atoms with Gasteiger partial charge in [0.2, 0.25) is 0 Å². The molecule has 1 aromatic rings. The van der Waals surface area contributed by atoms with Crippen LogP contribution < -0.4 is 5.73 Å². The van der Waals surface area contributed by atoms with Gasteiger partial charge in [0.25, 0.3) is 0 Å². The van der Waals surface area contributed by atoms with Gasteiger partial charge in [-0.3, -0.25) is 9.80 Å². The van der Waals surface area contributed by atoms with Crippen LogP contribution in [-0.2, 0) is 6.54 Å². The molecule has 0 radical (unpaired) electrons. The third-order valence-electron chi connectivity index (χ3n) is 4.01. The SMILES string of the molecule is CCC(C)N1CCN(Cc2ccc(N)cc2)CC1. The molecule has 1 aliphatic rings. The Balaban J connectivity index is 1.81. The minimum atomic E-state index is 0.726. The summed E-state index contributed by atoms with van der Waals surface area (Å²) in [5.41, 5.74) is 7.92. The summed E-state index contributed by atoms with van der Waals surface area (Å²) in [5, 5.41) is 0. The quantitative estimate of drug-likeness (QED) is 0.828. The highest BCUT2D eigenvalue weighted by Gasteiger charge is 2.19. The smallest absolute Gasteiger partial charge is 0.0314 e. The highest BCUT2D eigenvalue weighted by molar-refractivity contribution is 5.39. The van der Waals surface area contributed by atoms with Gasteiger partial charge in [0.15, 0.2) is 0 Å². The summed E-state index contributed by atoms with van der Waals surface area (Å²) in [7, 11) is 0. The van der Waals surface area contributed by atoms with E-state index in [1.807, 2.05) is 12.1 Å². The van der Waals surface area contributed by atoms with Crippen LogP contribution in [0.3, 0.4) is 0 Å². The average molecular weight is 247 g/mol. The maximum atomic E-state index is 5.71. The lowest BCUT2D eigenvalue weighted by molar-refractivity contribution is 0.0964. The molecule has 100 valence electrons. The number of rotatable bonds is 4. The maximum Gasteiger partial charge on any atom is 0.0314 e. The number of nitrogens with two attached hydrogens (primary N) is 1. The van der Waals surface area contributed by atoms with Crippen LogP contribution >= 0.6 is 0 Å². The number of benzene rings is 1. The van der Waals surface area contributed by atoms with Crippen molar-refractivity contribution in [1.82, 2.24) is 9.80 Å². The zero-order chi connectivity index (χ0) is 13.0. The van der Waals surface area contributed by atoms with Crippen LogP contribution in [0.4, 0.5) is 5.69 Å². The number of nitrogens with zero attached hydrogens (tertiary/aromatic N) is 2. The molecule has 0 amide bonds. The van der Waals surface area contributed by atoms with Crippen molar-refractivity contribution < 1.29 is 0 Å². The van der Waals surface area contributed by atoms with E-state index >= 15 is 0 Å². The van der Waals surface area contributed by atoms with Gasteiger partial charge >= 0.3 is 0 Å². The van der Waals surface area contributed by atoms with Gasteiger partial charge in [-0.05, 0) is 31.0 Å². The van der Waals surface area contributed by atoms with Crippen LogP contribution in [0.15, 0.2) is 24.3 Å². The van der Waals surface area contributed by atoms with E-state index in [-0.39, 0.29) is 0 Å².